The molecule has 96 valence electrons. The van der Waals surface area contributed by atoms with Crippen LogP contribution in [0.5, 0.6) is 0 Å². The van der Waals surface area contributed by atoms with Crippen LogP contribution in [-0.2, 0) is 0 Å². The maximum atomic E-state index is 4.49. The number of thiazole rings is 1. The van der Waals surface area contributed by atoms with E-state index in [1.807, 2.05) is 0 Å². The first-order chi connectivity index (χ1) is 8.58. The highest BCUT2D eigenvalue weighted by Crippen LogP contribution is 2.26. The Labute approximate surface area is 113 Å². The Morgan fingerprint density at radius 1 is 1.06 bits per heavy atom. The minimum atomic E-state index is 0.339. The molecule has 3 heteroatoms. The summed E-state index contributed by atoms with van der Waals surface area (Å²) in [7, 11) is 0. The van der Waals surface area contributed by atoms with E-state index in [4.69, 9.17) is 0 Å². The van der Waals surface area contributed by atoms with E-state index in [0.717, 1.165) is 10.7 Å². The van der Waals surface area contributed by atoms with Crippen LogP contribution in [-0.4, -0.2) is 4.98 Å². The minimum absolute atomic E-state index is 0.339. The maximum absolute atomic E-state index is 4.49. The van der Waals surface area contributed by atoms with E-state index in [1.54, 1.807) is 11.3 Å². The van der Waals surface area contributed by atoms with Gasteiger partial charge in [-0.25, -0.2) is 4.98 Å². The summed E-state index contributed by atoms with van der Waals surface area (Å²) in [6, 6.07) is 11.2. The van der Waals surface area contributed by atoms with Crippen LogP contribution in [0.2, 0.25) is 0 Å². The van der Waals surface area contributed by atoms with Crippen LogP contribution in [0, 0.1) is 13.8 Å². The van der Waals surface area contributed by atoms with Gasteiger partial charge in [-0.15, -0.1) is 11.3 Å². The molecule has 1 aromatic carbocycles. The smallest absolute Gasteiger partial charge is 0.0900 e. The zero-order valence-corrected chi connectivity index (χ0v) is 12.2. The second kappa shape index (κ2) is 5.63. The van der Waals surface area contributed by atoms with Gasteiger partial charge < -0.3 is 5.32 Å². The second-order valence-corrected chi connectivity index (χ2v) is 5.94. The van der Waals surface area contributed by atoms with E-state index >= 15 is 0 Å². The molecule has 0 saturated carbocycles. The molecule has 0 radical (unpaired) electrons. The van der Waals surface area contributed by atoms with E-state index < -0.39 is 0 Å². The molecule has 0 saturated heterocycles. The molecule has 2 aromatic rings. The van der Waals surface area contributed by atoms with Crippen molar-refractivity contribution in [3.8, 4) is 0 Å². The topological polar surface area (TPSA) is 24.9 Å². The predicted molar refractivity (Wildman–Crippen MR) is 78.0 cm³/mol. The van der Waals surface area contributed by atoms with Gasteiger partial charge in [-0.1, -0.05) is 30.3 Å². The summed E-state index contributed by atoms with van der Waals surface area (Å²) in [6.45, 7) is 8.56. The molecule has 1 unspecified atom stereocenters. The van der Waals surface area contributed by atoms with Gasteiger partial charge in [0.2, 0.25) is 0 Å². The van der Waals surface area contributed by atoms with Crippen LogP contribution in [0.15, 0.2) is 30.3 Å². The normalized spacial score (nSPS) is 14.4. The largest absolute Gasteiger partial charge is 0.303 e. The standard InChI is InChI=1S/C15H20N2S/c1-10(14-8-6-5-7-9-14)16-11(2)15-12(3)17-13(4)18-15/h5-11,16H,1-4H3/t10-,11?/m0/s1. The van der Waals surface area contributed by atoms with Crippen LogP contribution in [0.25, 0.3) is 0 Å². The zero-order chi connectivity index (χ0) is 13.1. The van der Waals surface area contributed by atoms with Crippen molar-refractivity contribution in [1.82, 2.24) is 10.3 Å². The van der Waals surface area contributed by atoms with Gasteiger partial charge in [-0.3, -0.25) is 0 Å². The maximum Gasteiger partial charge on any atom is 0.0900 e. The van der Waals surface area contributed by atoms with Crippen molar-refractivity contribution in [2.75, 3.05) is 0 Å². The fourth-order valence-electron chi connectivity index (χ4n) is 2.24. The number of aryl methyl sites for hydroxylation is 2. The quantitative estimate of drug-likeness (QED) is 0.892. The first-order valence-corrected chi connectivity index (χ1v) is 7.14. The number of nitrogens with zero attached hydrogens (tertiary/aromatic N) is 1. The number of hydrogen-bond acceptors (Lipinski definition) is 3. The van der Waals surface area contributed by atoms with Gasteiger partial charge in [-0.2, -0.15) is 0 Å². The van der Waals surface area contributed by atoms with Crippen LogP contribution in [0.4, 0.5) is 0 Å². The molecule has 1 heterocycles. The fourth-order valence-corrected chi connectivity index (χ4v) is 3.18. The highest BCUT2D eigenvalue weighted by atomic mass is 32.1. The SMILES string of the molecule is Cc1nc(C)c(C(C)N[C@@H](C)c2ccccc2)s1. The summed E-state index contributed by atoms with van der Waals surface area (Å²) < 4.78 is 0. The first-order valence-electron chi connectivity index (χ1n) is 6.33. The lowest BCUT2D eigenvalue weighted by atomic mass is 10.1. The van der Waals surface area contributed by atoms with E-state index in [2.05, 4.69) is 68.3 Å². The van der Waals surface area contributed by atoms with Crippen molar-refractivity contribution in [1.29, 1.82) is 0 Å². The summed E-state index contributed by atoms with van der Waals surface area (Å²) in [5.74, 6) is 0. The van der Waals surface area contributed by atoms with Crippen LogP contribution in [0.3, 0.4) is 0 Å². The molecule has 0 spiro atoms. The van der Waals surface area contributed by atoms with Crippen molar-refractivity contribution in [2.45, 2.75) is 39.8 Å². The molecule has 2 nitrogen and oxygen atoms in total. The second-order valence-electron chi connectivity index (χ2n) is 4.70. The number of rotatable bonds is 4. The molecule has 0 aliphatic carbocycles. The Morgan fingerprint density at radius 3 is 2.28 bits per heavy atom. The molecular formula is C15H20N2S. The molecule has 0 bridgehead atoms. The van der Waals surface area contributed by atoms with Gasteiger partial charge in [0.05, 0.1) is 10.7 Å². The molecule has 1 N–H and O–H groups in total. The van der Waals surface area contributed by atoms with Crippen molar-refractivity contribution in [2.24, 2.45) is 0 Å². The summed E-state index contributed by atoms with van der Waals surface area (Å²) in [5.41, 5.74) is 2.47. The Kier molecular flexibility index (Phi) is 4.15. The van der Waals surface area contributed by atoms with Gasteiger partial charge in [0, 0.05) is 17.0 Å². The summed E-state index contributed by atoms with van der Waals surface area (Å²) in [5, 5.41) is 4.78. The fraction of sp³-hybridized carbons (Fsp3) is 0.400. The number of benzene rings is 1. The Bertz CT molecular complexity index is 504. The van der Waals surface area contributed by atoms with Gasteiger partial charge in [0.25, 0.3) is 0 Å². The Hall–Kier alpha value is -1.19. The van der Waals surface area contributed by atoms with Crippen molar-refractivity contribution in [3.63, 3.8) is 0 Å². The van der Waals surface area contributed by atoms with E-state index in [1.165, 1.54) is 10.4 Å². The molecule has 0 amide bonds. The van der Waals surface area contributed by atoms with Gasteiger partial charge in [0.1, 0.15) is 0 Å². The summed E-state index contributed by atoms with van der Waals surface area (Å²) in [6.07, 6.45) is 0. The van der Waals surface area contributed by atoms with E-state index in [-0.39, 0.29) is 0 Å². The van der Waals surface area contributed by atoms with E-state index in [0.29, 0.717) is 12.1 Å². The Balaban J connectivity index is 2.08. The van der Waals surface area contributed by atoms with Crippen LogP contribution >= 0.6 is 11.3 Å². The van der Waals surface area contributed by atoms with Gasteiger partial charge in [0.15, 0.2) is 0 Å². The van der Waals surface area contributed by atoms with E-state index in [9.17, 15) is 0 Å². The van der Waals surface area contributed by atoms with Crippen LogP contribution in [0.1, 0.15) is 47.1 Å². The summed E-state index contributed by atoms with van der Waals surface area (Å²) in [4.78, 5) is 5.83. The third kappa shape index (κ3) is 2.98. The minimum Gasteiger partial charge on any atom is -0.303 e. The molecule has 18 heavy (non-hydrogen) atoms. The molecule has 2 rings (SSSR count). The lowest BCUT2D eigenvalue weighted by molar-refractivity contribution is 0.498. The van der Waals surface area contributed by atoms with Crippen molar-refractivity contribution in [3.05, 3.63) is 51.5 Å². The average molecular weight is 260 g/mol. The predicted octanol–water partition coefficient (Wildman–Crippen LogP) is 4.17. The lowest BCUT2D eigenvalue weighted by Gasteiger charge is -2.19. The van der Waals surface area contributed by atoms with Gasteiger partial charge >= 0.3 is 0 Å². The molecule has 0 aliphatic rings. The lowest BCUT2D eigenvalue weighted by Crippen LogP contribution is -2.22. The number of nitrogens with one attached hydrogen (secondary N) is 1. The third-order valence-corrected chi connectivity index (χ3v) is 4.39. The number of aromatic nitrogens is 1. The summed E-state index contributed by atoms with van der Waals surface area (Å²) >= 11 is 1.79. The molecule has 0 fully saturated rings. The monoisotopic (exact) mass is 260 g/mol. The van der Waals surface area contributed by atoms with Crippen molar-refractivity contribution >= 4 is 11.3 Å². The van der Waals surface area contributed by atoms with Gasteiger partial charge in [-0.05, 0) is 33.3 Å². The zero-order valence-electron chi connectivity index (χ0n) is 11.4. The highest BCUT2D eigenvalue weighted by molar-refractivity contribution is 7.11. The Morgan fingerprint density at radius 2 is 1.72 bits per heavy atom. The average Bonchev–Trinajstić information content (AvgIpc) is 2.69. The van der Waals surface area contributed by atoms with Crippen LogP contribution < -0.4 is 5.32 Å². The molecule has 0 aliphatic heterocycles. The molecular weight excluding hydrogens is 240 g/mol. The third-order valence-electron chi connectivity index (χ3n) is 3.13. The molecule has 1 aromatic heterocycles. The first kappa shape index (κ1) is 13.2. The van der Waals surface area contributed by atoms with Crippen molar-refractivity contribution < 1.29 is 0 Å². The molecule has 2 atom stereocenters. The number of hydrogen-bond donors (Lipinski definition) is 1. The highest BCUT2D eigenvalue weighted by Gasteiger charge is 2.15.